The number of hydrogen-bond acceptors (Lipinski definition) is 4. The second-order valence-corrected chi connectivity index (χ2v) is 7.17. The molecule has 1 aliphatic heterocycles. The lowest BCUT2D eigenvalue weighted by atomic mass is 9.87. The summed E-state index contributed by atoms with van der Waals surface area (Å²) in [6, 6.07) is 13.5. The second-order valence-electron chi connectivity index (χ2n) is 6.26. The molecule has 1 unspecified atom stereocenters. The molecule has 7 heteroatoms. The number of methoxy groups -OCH3 is 2. The Bertz CT molecular complexity index is 998. The summed E-state index contributed by atoms with van der Waals surface area (Å²) in [6.45, 7) is 0. The molecule has 0 spiro atoms. The smallest absolute Gasteiger partial charge is 0.226 e. The van der Waals surface area contributed by atoms with Crippen LogP contribution in [0.5, 0.6) is 11.5 Å². The molecular formula is C20H18BrN3O3. The quantitative estimate of drug-likeness (QED) is 0.679. The van der Waals surface area contributed by atoms with Crippen LogP contribution in [-0.4, -0.2) is 29.9 Å². The molecule has 1 atom stereocenters. The number of amides is 1. The van der Waals surface area contributed by atoms with Crippen molar-refractivity contribution in [3.05, 3.63) is 64.3 Å². The van der Waals surface area contributed by atoms with Crippen LogP contribution in [0.25, 0.3) is 5.69 Å². The fourth-order valence-electron chi connectivity index (χ4n) is 3.36. The minimum absolute atomic E-state index is 0.0406. The molecule has 0 radical (unpaired) electrons. The van der Waals surface area contributed by atoms with Gasteiger partial charge < -0.3 is 14.8 Å². The van der Waals surface area contributed by atoms with Crippen molar-refractivity contribution in [3.63, 3.8) is 0 Å². The number of ether oxygens (including phenoxy) is 2. The second kappa shape index (κ2) is 7.08. The molecule has 0 bridgehead atoms. The molecule has 3 aromatic rings. The first kappa shape index (κ1) is 17.6. The van der Waals surface area contributed by atoms with Gasteiger partial charge in [0.05, 0.1) is 26.1 Å². The van der Waals surface area contributed by atoms with Crippen molar-refractivity contribution in [1.82, 2.24) is 9.78 Å². The fraction of sp³-hybridized carbons (Fsp3) is 0.200. The van der Waals surface area contributed by atoms with Gasteiger partial charge in [0.15, 0.2) is 11.5 Å². The molecule has 2 heterocycles. The Hall–Kier alpha value is -2.80. The van der Waals surface area contributed by atoms with E-state index in [2.05, 4.69) is 26.3 Å². The van der Waals surface area contributed by atoms with Crippen LogP contribution >= 0.6 is 15.9 Å². The van der Waals surface area contributed by atoms with E-state index >= 15 is 0 Å². The maximum Gasteiger partial charge on any atom is 0.226 e. The van der Waals surface area contributed by atoms with E-state index in [1.165, 1.54) is 0 Å². The summed E-state index contributed by atoms with van der Waals surface area (Å²) in [4.78, 5) is 12.4. The van der Waals surface area contributed by atoms with Gasteiger partial charge >= 0.3 is 0 Å². The number of nitrogens with one attached hydrogen (secondary N) is 1. The van der Waals surface area contributed by atoms with Crippen molar-refractivity contribution in [1.29, 1.82) is 0 Å². The van der Waals surface area contributed by atoms with Crippen molar-refractivity contribution < 1.29 is 14.3 Å². The molecule has 0 fully saturated rings. The van der Waals surface area contributed by atoms with E-state index in [4.69, 9.17) is 9.47 Å². The predicted molar refractivity (Wildman–Crippen MR) is 106 cm³/mol. The average Bonchev–Trinajstić information content (AvgIpc) is 3.11. The van der Waals surface area contributed by atoms with Crippen LogP contribution in [0.15, 0.2) is 53.1 Å². The Morgan fingerprint density at radius 1 is 1.11 bits per heavy atom. The zero-order valence-electron chi connectivity index (χ0n) is 14.9. The van der Waals surface area contributed by atoms with Crippen molar-refractivity contribution in [2.75, 3.05) is 19.5 Å². The Morgan fingerprint density at radius 2 is 1.85 bits per heavy atom. The number of benzene rings is 2. The molecular weight excluding hydrogens is 410 g/mol. The molecule has 1 aliphatic rings. The first-order valence-electron chi connectivity index (χ1n) is 8.46. The number of aromatic nitrogens is 2. The summed E-state index contributed by atoms with van der Waals surface area (Å²) in [5, 5.41) is 7.48. The molecule has 1 amide bonds. The zero-order chi connectivity index (χ0) is 19.0. The van der Waals surface area contributed by atoms with Crippen molar-refractivity contribution in [2.24, 2.45) is 0 Å². The largest absolute Gasteiger partial charge is 0.493 e. The molecule has 0 aliphatic carbocycles. The van der Waals surface area contributed by atoms with Crippen LogP contribution in [0, 0.1) is 0 Å². The Labute approximate surface area is 165 Å². The highest BCUT2D eigenvalue weighted by Crippen LogP contribution is 2.40. The van der Waals surface area contributed by atoms with Gasteiger partial charge in [0.1, 0.15) is 5.82 Å². The highest BCUT2D eigenvalue weighted by atomic mass is 79.9. The predicted octanol–water partition coefficient (Wildman–Crippen LogP) is 4.13. The van der Waals surface area contributed by atoms with E-state index in [9.17, 15) is 4.79 Å². The van der Waals surface area contributed by atoms with Crippen molar-refractivity contribution in [3.8, 4) is 17.2 Å². The van der Waals surface area contributed by atoms with Crippen molar-refractivity contribution in [2.45, 2.75) is 12.3 Å². The number of anilines is 1. The highest BCUT2D eigenvalue weighted by molar-refractivity contribution is 9.10. The molecule has 6 nitrogen and oxygen atoms in total. The minimum Gasteiger partial charge on any atom is -0.493 e. The number of halogens is 1. The number of carbonyl (C=O) groups excluding carboxylic acids is 1. The van der Waals surface area contributed by atoms with Gasteiger partial charge in [-0.3, -0.25) is 4.79 Å². The summed E-state index contributed by atoms with van der Waals surface area (Å²) < 4.78 is 13.5. The molecule has 138 valence electrons. The molecule has 1 aromatic heterocycles. The number of rotatable bonds is 4. The van der Waals surface area contributed by atoms with E-state index in [-0.39, 0.29) is 11.8 Å². The first-order chi connectivity index (χ1) is 13.1. The van der Waals surface area contributed by atoms with Gasteiger partial charge in [-0.15, -0.1) is 0 Å². The fourth-order valence-corrected chi connectivity index (χ4v) is 3.63. The van der Waals surface area contributed by atoms with E-state index in [1.807, 2.05) is 48.7 Å². The van der Waals surface area contributed by atoms with Crippen molar-refractivity contribution >= 4 is 27.7 Å². The van der Waals surface area contributed by atoms with Gasteiger partial charge in [0.25, 0.3) is 0 Å². The number of fused-ring (bicyclic) bond motifs is 1. The summed E-state index contributed by atoms with van der Waals surface area (Å²) in [7, 11) is 3.21. The van der Waals surface area contributed by atoms with Crippen LogP contribution < -0.4 is 14.8 Å². The molecule has 4 rings (SSSR count). The SMILES string of the molecule is COc1ccc(C2CC(=O)Nc3c2cnn3-c2ccc(Br)cc2)cc1OC. The zero-order valence-corrected chi connectivity index (χ0v) is 16.5. The number of hydrogen-bond donors (Lipinski definition) is 1. The Morgan fingerprint density at radius 3 is 2.56 bits per heavy atom. The third-order valence-electron chi connectivity index (χ3n) is 4.70. The monoisotopic (exact) mass is 427 g/mol. The Balaban J connectivity index is 1.78. The van der Waals surface area contributed by atoms with Crippen LogP contribution in [0.4, 0.5) is 5.82 Å². The minimum atomic E-state index is -0.0993. The van der Waals surface area contributed by atoms with Crippen LogP contribution in [0.2, 0.25) is 0 Å². The maximum atomic E-state index is 12.4. The molecule has 0 saturated carbocycles. The van der Waals surface area contributed by atoms with E-state index in [0.29, 0.717) is 23.7 Å². The third kappa shape index (κ3) is 3.19. The average molecular weight is 428 g/mol. The van der Waals surface area contributed by atoms with Crippen LogP contribution in [0.3, 0.4) is 0 Å². The lowest BCUT2D eigenvalue weighted by Crippen LogP contribution is -2.24. The summed E-state index contributed by atoms with van der Waals surface area (Å²) >= 11 is 3.44. The number of carbonyl (C=O) groups is 1. The summed E-state index contributed by atoms with van der Waals surface area (Å²) in [5.41, 5.74) is 2.84. The first-order valence-corrected chi connectivity index (χ1v) is 9.25. The van der Waals surface area contributed by atoms with Gasteiger partial charge in [-0.05, 0) is 42.0 Å². The molecule has 0 saturated heterocycles. The normalized spacial score (nSPS) is 15.8. The van der Waals surface area contributed by atoms with Gasteiger partial charge in [-0.25, -0.2) is 4.68 Å². The highest BCUT2D eigenvalue weighted by Gasteiger charge is 2.31. The van der Waals surface area contributed by atoms with E-state index in [0.717, 1.165) is 21.3 Å². The van der Waals surface area contributed by atoms with Crippen LogP contribution in [-0.2, 0) is 4.79 Å². The maximum absolute atomic E-state index is 12.4. The van der Waals surface area contributed by atoms with Gasteiger partial charge in [-0.2, -0.15) is 5.10 Å². The van der Waals surface area contributed by atoms with E-state index < -0.39 is 0 Å². The van der Waals surface area contributed by atoms with Gasteiger partial charge in [-0.1, -0.05) is 22.0 Å². The molecule has 1 N–H and O–H groups in total. The standard InChI is InChI=1S/C20H18BrN3O3/c1-26-17-8-3-12(9-18(17)27-2)15-10-19(25)23-20-16(15)11-22-24(20)14-6-4-13(21)5-7-14/h3-9,11,15H,10H2,1-2H3,(H,23,25). The molecule has 2 aromatic carbocycles. The van der Waals surface area contributed by atoms with Gasteiger partial charge in [0.2, 0.25) is 5.91 Å². The molecule has 27 heavy (non-hydrogen) atoms. The van der Waals surface area contributed by atoms with E-state index in [1.54, 1.807) is 18.9 Å². The van der Waals surface area contributed by atoms with Crippen LogP contribution in [0.1, 0.15) is 23.5 Å². The Kier molecular flexibility index (Phi) is 4.61. The topological polar surface area (TPSA) is 65.4 Å². The van der Waals surface area contributed by atoms with Gasteiger partial charge in [0, 0.05) is 22.4 Å². The summed E-state index contributed by atoms with van der Waals surface area (Å²) in [5.74, 6) is 1.86. The lowest BCUT2D eigenvalue weighted by molar-refractivity contribution is -0.116. The summed E-state index contributed by atoms with van der Waals surface area (Å²) in [6.07, 6.45) is 2.17. The number of nitrogens with zero attached hydrogens (tertiary/aromatic N) is 2. The third-order valence-corrected chi connectivity index (χ3v) is 5.23. The lowest BCUT2D eigenvalue weighted by Gasteiger charge is -2.24.